The van der Waals surface area contributed by atoms with Crippen molar-refractivity contribution in [3.05, 3.63) is 82.9 Å². The number of esters is 1. The van der Waals surface area contributed by atoms with Gasteiger partial charge in [-0.25, -0.2) is 23.1 Å². The summed E-state index contributed by atoms with van der Waals surface area (Å²) in [7, 11) is 1.78. The van der Waals surface area contributed by atoms with Gasteiger partial charge in [0, 0.05) is 41.0 Å². The Balaban J connectivity index is 1.17. The molecule has 0 radical (unpaired) electrons. The van der Waals surface area contributed by atoms with E-state index < -0.39 is 16.0 Å². The zero-order valence-corrected chi connectivity index (χ0v) is 29.4. The number of hydrogen-bond acceptors (Lipinski definition) is 9. The van der Waals surface area contributed by atoms with E-state index in [0.29, 0.717) is 38.8 Å². The number of aromatic nitrogens is 4. The van der Waals surface area contributed by atoms with Crippen LogP contribution in [0.4, 0.5) is 5.82 Å². The van der Waals surface area contributed by atoms with E-state index in [4.69, 9.17) is 21.1 Å². The van der Waals surface area contributed by atoms with E-state index >= 15 is 0 Å². The molecule has 2 aromatic carbocycles. The van der Waals surface area contributed by atoms with Crippen molar-refractivity contribution in [2.45, 2.75) is 51.8 Å². The highest BCUT2D eigenvalue weighted by molar-refractivity contribution is 7.89. The molecule has 12 nitrogen and oxygen atoms in total. The normalized spacial score (nSPS) is 16.6. The molecule has 1 aliphatic carbocycles. The van der Waals surface area contributed by atoms with Gasteiger partial charge in [-0.15, -0.1) is 0 Å². The van der Waals surface area contributed by atoms with Crippen LogP contribution in [0.2, 0.25) is 5.02 Å². The number of benzene rings is 2. The van der Waals surface area contributed by atoms with Gasteiger partial charge < -0.3 is 14.4 Å². The summed E-state index contributed by atoms with van der Waals surface area (Å²) in [6.07, 6.45) is 6.62. The predicted octanol–water partition coefficient (Wildman–Crippen LogP) is 5.33. The maximum atomic E-state index is 13.6. The zero-order valence-electron chi connectivity index (χ0n) is 27.8. The van der Waals surface area contributed by atoms with E-state index in [2.05, 4.69) is 19.6 Å². The molecule has 0 bridgehead atoms. The van der Waals surface area contributed by atoms with Crippen LogP contribution in [-0.2, 0) is 32.7 Å². The van der Waals surface area contributed by atoms with Crippen molar-refractivity contribution in [3.63, 3.8) is 0 Å². The molecule has 6 rings (SSSR count). The van der Waals surface area contributed by atoms with Gasteiger partial charge in [0.1, 0.15) is 23.5 Å². The van der Waals surface area contributed by atoms with Gasteiger partial charge in [-0.3, -0.25) is 18.7 Å². The number of methoxy groups -OCH3 is 1. The van der Waals surface area contributed by atoms with Crippen LogP contribution >= 0.6 is 11.6 Å². The zero-order chi connectivity index (χ0) is 34.9. The van der Waals surface area contributed by atoms with E-state index in [1.807, 2.05) is 38.4 Å². The fourth-order valence-corrected chi connectivity index (χ4v) is 8.02. The topological polar surface area (TPSA) is 138 Å². The molecular weight excluding hydrogens is 668 g/mol. The van der Waals surface area contributed by atoms with Gasteiger partial charge in [0.05, 0.1) is 30.2 Å². The lowest BCUT2D eigenvalue weighted by molar-refractivity contribution is -0.146. The molecule has 1 aliphatic rings. The van der Waals surface area contributed by atoms with Crippen molar-refractivity contribution in [2.24, 2.45) is 5.92 Å². The summed E-state index contributed by atoms with van der Waals surface area (Å²) in [4.78, 5) is 38.2. The second kappa shape index (κ2) is 14.2. The Morgan fingerprint density at radius 2 is 1.78 bits per heavy atom. The summed E-state index contributed by atoms with van der Waals surface area (Å²) in [6.45, 7) is 1.76. The van der Waals surface area contributed by atoms with Crippen LogP contribution in [-0.4, -0.2) is 72.4 Å². The molecule has 1 N–H and O–H groups in total. The summed E-state index contributed by atoms with van der Waals surface area (Å²) >= 11 is 6.05. The number of carbonyl (C=O) groups excluding carboxylic acids is 2. The van der Waals surface area contributed by atoms with Crippen LogP contribution in [0.15, 0.2) is 61.1 Å². The second-order valence-electron chi connectivity index (χ2n) is 12.4. The number of anilines is 1. The fraction of sp³-hybridized carbons (Fsp3) is 0.371. The lowest BCUT2D eigenvalue weighted by Gasteiger charge is -2.35. The summed E-state index contributed by atoms with van der Waals surface area (Å²) < 4.78 is 41.0. The summed E-state index contributed by atoms with van der Waals surface area (Å²) in [5.41, 5.74) is 3.05. The van der Waals surface area contributed by atoms with E-state index in [1.165, 1.54) is 13.4 Å². The average Bonchev–Trinajstić information content (AvgIpc) is 3.64. The molecule has 0 amide bonds. The van der Waals surface area contributed by atoms with Crippen molar-refractivity contribution in [1.29, 1.82) is 0 Å². The molecular formula is C35H39ClN6O6S. The molecule has 0 atom stereocenters. The van der Waals surface area contributed by atoms with Gasteiger partial charge in [-0.2, -0.15) is 0 Å². The van der Waals surface area contributed by atoms with E-state index in [0.717, 1.165) is 42.3 Å². The number of nitrogens with zero attached hydrogens (tertiary/aromatic N) is 5. The Morgan fingerprint density at radius 1 is 1.04 bits per heavy atom. The molecule has 49 heavy (non-hydrogen) atoms. The number of rotatable bonds is 11. The van der Waals surface area contributed by atoms with Crippen LogP contribution in [0.1, 0.15) is 47.3 Å². The highest BCUT2D eigenvalue weighted by Crippen LogP contribution is 2.33. The first-order chi connectivity index (χ1) is 23.5. The average molecular weight is 707 g/mol. The van der Waals surface area contributed by atoms with Crippen molar-refractivity contribution in [3.8, 4) is 5.75 Å². The highest BCUT2D eigenvalue weighted by atomic mass is 35.5. The van der Waals surface area contributed by atoms with E-state index in [9.17, 15) is 18.0 Å². The molecule has 5 aromatic rings. The van der Waals surface area contributed by atoms with Crippen LogP contribution < -0.4 is 14.4 Å². The van der Waals surface area contributed by atoms with Crippen LogP contribution in [0.25, 0.3) is 21.9 Å². The number of nitrogens with one attached hydrogen (secondary N) is 1. The predicted molar refractivity (Wildman–Crippen MR) is 189 cm³/mol. The first kappa shape index (κ1) is 34.4. The van der Waals surface area contributed by atoms with Crippen LogP contribution in [0.3, 0.4) is 0 Å². The molecule has 0 unspecified atom stereocenters. The monoisotopic (exact) mass is 706 g/mol. The fourth-order valence-electron chi connectivity index (χ4n) is 6.77. The highest BCUT2D eigenvalue weighted by Gasteiger charge is 2.29. The third-order valence-corrected chi connectivity index (χ3v) is 11.3. The van der Waals surface area contributed by atoms with Crippen LogP contribution in [0, 0.1) is 12.8 Å². The van der Waals surface area contributed by atoms with E-state index in [-0.39, 0.29) is 36.8 Å². The first-order valence-corrected chi connectivity index (χ1v) is 18.1. The molecule has 0 spiro atoms. The van der Waals surface area contributed by atoms with Crippen molar-refractivity contribution in [2.75, 3.05) is 31.9 Å². The molecule has 0 aliphatic heterocycles. The summed E-state index contributed by atoms with van der Waals surface area (Å²) in [5, 5.41) is 2.08. The molecule has 1 saturated carbocycles. The molecule has 14 heteroatoms. The van der Waals surface area contributed by atoms with Gasteiger partial charge in [-0.05, 0) is 99.7 Å². The maximum Gasteiger partial charge on any atom is 0.312 e. The van der Waals surface area contributed by atoms with Gasteiger partial charge in [0.15, 0.2) is 6.73 Å². The largest absolute Gasteiger partial charge is 0.497 e. The second-order valence-corrected chi connectivity index (χ2v) is 14.8. The molecule has 0 saturated heterocycles. The molecule has 1 fully saturated rings. The van der Waals surface area contributed by atoms with E-state index in [1.54, 1.807) is 46.6 Å². The third-order valence-electron chi connectivity index (χ3n) is 9.52. The summed E-state index contributed by atoms with van der Waals surface area (Å²) in [5.74, 6) is 0.953. The van der Waals surface area contributed by atoms with Gasteiger partial charge in [-0.1, -0.05) is 11.6 Å². The first-order valence-electron chi connectivity index (χ1n) is 16.1. The number of carbonyl (C=O) groups is 2. The maximum absolute atomic E-state index is 13.6. The van der Waals surface area contributed by atoms with Crippen molar-refractivity contribution < 1.29 is 27.5 Å². The number of halogens is 1. The van der Waals surface area contributed by atoms with Gasteiger partial charge >= 0.3 is 5.97 Å². The lowest BCUT2D eigenvalue weighted by Crippen LogP contribution is -2.38. The van der Waals surface area contributed by atoms with Crippen molar-refractivity contribution in [1.82, 2.24) is 23.8 Å². The lowest BCUT2D eigenvalue weighted by atomic mass is 9.86. The number of fused-ring (bicyclic) bond motifs is 2. The number of sulfonamides is 1. The minimum absolute atomic E-state index is 0.0573. The Morgan fingerprint density at radius 3 is 2.47 bits per heavy atom. The number of hydrogen-bond donors (Lipinski definition) is 1. The Bertz CT molecular complexity index is 2120. The summed E-state index contributed by atoms with van der Waals surface area (Å²) in [6, 6.07) is 14.2. The Labute approximate surface area is 290 Å². The molecule has 258 valence electrons. The quantitative estimate of drug-likeness (QED) is 0.181. The Kier molecular flexibility index (Phi) is 9.96. The molecule has 3 aromatic heterocycles. The van der Waals surface area contributed by atoms with Gasteiger partial charge in [0.25, 0.3) is 5.91 Å². The van der Waals surface area contributed by atoms with Crippen LogP contribution in [0.5, 0.6) is 5.75 Å². The number of ether oxygens (including phenoxy) is 2. The standard InChI is InChI=1S/C35H39ClN6O6S/c1-22-29(30-17-27(47-4)13-14-31(30)42(22)35(44)24-7-9-25(36)10-8-24)18-32(43)48-21-41-16-15-28-33(38-20-39-34(28)41)40(3)26-11-5-23(6-12-26)19-49(45,46)37-2/h7-10,13-17,20,23,26,37H,5-6,11-12,18-19,21H2,1-4H3. The third kappa shape index (κ3) is 7.15. The van der Waals surface area contributed by atoms with Gasteiger partial charge in [0.2, 0.25) is 10.0 Å². The minimum Gasteiger partial charge on any atom is -0.497 e. The SMILES string of the molecule is CNS(=O)(=O)CC1CCC(N(C)c2ncnc3c2ccn3COC(=O)Cc2c(C)n(C(=O)c3ccc(Cl)cc3)c3ccc(OC)cc23)CC1. The molecule has 3 heterocycles. The minimum atomic E-state index is -3.24. The smallest absolute Gasteiger partial charge is 0.312 e. The van der Waals surface area contributed by atoms with Crippen molar-refractivity contribution >= 4 is 61.3 Å². The Hall–Kier alpha value is -4.46.